The van der Waals surface area contributed by atoms with Gasteiger partial charge in [-0.25, -0.2) is 12.8 Å². The second-order valence-electron chi connectivity index (χ2n) is 4.53. The molecular weight excluding hydrogens is 325 g/mol. The Balaban J connectivity index is 2.22. The number of nitrogens with zero attached hydrogens (tertiary/aromatic N) is 1. The first-order valence-electron chi connectivity index (χ1n) is 6.09. The van der Waals surface area contributed by atoms with E-state index in [0.29, 0.717) is 0 Å². The summed E-state index contributed by atoms with van der Waals surface area (Å²) >= 11 is 5.60. The number of aliphatic carboxylic acids is 1. The molecule has 1 atom stereocenters. The van der Waals surface area contributed by atoms with E-state index >= 15 is 0 Å². The van der Waals surface area contributed by atoms with Gasteiger partial charge in [-0.2, -0.15) is 4.31 Å². The minimum absolute atomic E-state index is 0.0658. The highest BCUT2D eigenvalue weighted by Crippen LogP contribution is 2.24. The van der Waals surface area contributed by atoms with Gasteiger partial charge in [-0.05, 0) is 18.2 Å². The SMILES string of the molecule is O=C(O)CC1CN(S(=O)(=O)c2ccc(F)c(Cl)c2)CCO1. The summed E-state index contributed by atoms with van der Waals surface area (Å²) in [6.45, 7) is 0.142. The van der Waals surface area contributed by atoms with Gasteiger partial charge >= 0.3 is 5.97 Å². The normalized spacial score (nSPS) is 20.4. The number of carbonyl (C=O) groups is 1. The second kappa shape index (κ2) is 6.27. The van der Waals surface area contributed by atoms with E-state index in [1.54, 1.807) is 0 Å². The smallest absolute Gasteiger partial charge is 0.306 e. The van der Waals surface area contributed by atoms with Crippen LogP contribution in [-0.4, -0.2) is 49.6 Å². The molecule has 0 aromatic heterocycles. The summed E-state index contributed by atoms with van der Waals surface area (Å²) in [5.41, 5.74) is 0. The molecule has 1 N–H and O–H groups in total. The Hall–Kier alpha value is -1.22. The summed E-state index contributed by atoms with van der Waals surface area (Å²) < 4.78 is 44.3. The van der Waals surface area contributed by atoms with Crippen molar-refractivity contribution in [1.29, 1.82) is 0 Å². The summed E-state index contributed by atoms with van der Waals surface area (Å²) in [6, 6.07) is 3.14. The quantitative estimate of drug-likeness (QED) is 0.896. The highest BCUT2D eigenvalue weighted by atomic mass is 35.5. The molecule has 0 saturated carbocycles. The Labute approximate surface area is 126 Å². The van der Waals surface area contributed by atoms with Gasteiger partial charge in [0.05, 0.1) is 29.0 Å². The molecule has 0 amide bonds. The van der Waals surface area contributed by atoms with Crippen LogP contribution < -0.4 is 0 Å². The zero-order valence-corrected chi connectivity index (χ0v) is 12.4. The fraction of sp³-hybridized carbons (Fsp3) is 0.417. The topological polar surface area (TPSA) is 83.9 Å². The molecule has 2 rings (SSSR count). The molecule has 0 bridgehead atoms. The number of carboxylic acid groups (broad SMARTS) is 1. The van der Waals surface area contributed by atoms with E-state index in [1.807, 2.05) is 0 Å². The van der Waals surface area contributed by atoms with Gasteiger partial charge in [-0.15, -0.1) is 0 Å². The molecule has 6 nitrogen and oxygen atoms in total. The van der Waals surface area contributed by atoms with Crippen molar-refractivity contribution in [2.75, 3.05) is 19.7 Å². The number of morpholine rings is 1. The molecule has 0 spiro atoms. The fourth-order valence-electron chi connectivity index (χ4n) is 2.02. The van der Waals surface area contributed by atoms with Crippen LogP contribution in [0, 0.1) is 5.82 Å². The highest BCUT2D eigenvalue weighted by molar-refractivity contribution is 7.89. The minimum atomic E-state index is -3.86. The van der Waals surface area contributed by atoms with Crippen LogP contribution in [0.25, 0.3) is 0 Å². The first-order chi connectivity index (χ1) is 9.80. The Morgan fingerprint density at radius 1 is 1.52 bits per heavy atom. The molecule has 1 unspecified atom stereocenters. The van der Waals surface area contributed by atoms with Crippen LogP contribution in [-0.2, 0) is 19.6 Å². The fourth-order valence-corrected chi connectivity index (χ4v) is 3.74. The van der Waals surface area contributed by atoms with Gasteiger partial charge in [0.25, 0.3) is 0 Å². The summed E-state index contributed by atoms with van der Waals surface area (Å²) in [5, 5.41) is 8.45. The van der Waals surface area contributed by atoms with E-state index in [-0.39, 0.29) is 36.0 Å². The third-order valence-corrected chi connectivity index (χ3v) is 5.18. The lowest BCUT2D eigenvalue weighted by Gasteiger charge is -2.31. The maximum Gasteiger partial charge on any atom is 0.306 e. The molecule has 1 aromatic rings. The zero-order chi connectivity index (χ0) is 15.6. The first kappa shape index (κ1) is 16.2. The molecule has 1 saturated heterocycles. The van der Waals surface area contributed by atoms with E-state index in [9.17, 15) is 17.6 Å². The zero-order valence-electron chi connectivity index (χ0n) is 10.8. The van der Waals surface area contributed by atoms with Gasteiger partial charge in [0.15, 0.2) is 0 Å². The maximum atomic E-state index is 13.1. The summed E-state index contributed by atoms with van der Waals surface area (Å²) in [6.07, 6.45) is -0.988. The van der Waals surface area contributed by atoms with Crippen molar-refractivity contribution in [2.45, 2.75) is 17.4 Å². The molecule has 1 heterocycles. The number of carboxylic acids is 1. The average molecular weight is 338 g/mol. The third-order valence-electron chi connectivity index (χ3n) is 3.03. The maximum absolute atomic E-state index is 13.1. The number of ether oxygens (including phenoxy) is 1. The summed E-state index contributed by atoms with van der Waals surface area (Å²) in [4.78, 5) is 10.5. The number of hydrogen-bond donors (Lipinski definition) is 1. The van der Waals surface area contributed by atoms with Gasteiger partial charge in [0, 0.05) is 13.1 Å². The number of sulfonamides is 1. The Kier molecular flexibility index (Phi) is 4.82. The van der Waals surface area contributed by atoms with E-state index in [0.717, 1.165) is 22.5 Å². The van der Waals surface area contributed by atoms with Crippen LogP contribution in [0.2, 0.25) is 5.02 Å². The predicted molar refractivity (Wildman–Crippen MR) is 72.2 cm³/mol. The second-order valence-corrected chi connectivity index (χ2v) is 6.87. The summed E-state index contributed by atoms with van der Waals surface area (Å²) in [5.74, 6) is -1.77. The van der Waals surface area contributed by atoms with Gasteiger partial charge in [0.2, 0.25) is 10.0 Å². The Bertz CT molecular complexity index is 651. The molecule has 0 radical (unpaired) electrons. The largest absolute Gasteiger partial charge is 0.481 e. The van der Waals surface area contributed by atoms with Crippen LogP contribution in [0.5, 0.6) is 0 Å². The van der Waals surface area contributed by atoms with Crippen molar-refractivity contribution < 1.29 is 27.4 Å². The lowest BCUT2D eigenvalue weighted by atomic mass is 10.2. The number of hydrogen-bond acceptors (Lipinski definition) is 4. The van der Waals surface area contributed by atoms with Crippen LogP contribution in [0.3, 0.4) is 0 Å². The molecule has 1 aromatic carbocycles. The van der Waals surface area contributed by atoms with Crippen molar-refractivity contribution >= 4 is 27.6 Å². The van der Waals surface area contributed by atoms with Gasteiger partial charge in [0.1, 0.15) is 5.82 Å². The summed E-state index contributed by atoms with van der Waals surface area (Å²) in [7, 11) is -3.86. The van der Waals surface area contributed by atoms with E-state index in [2.05, 4.69) is 0 Å². The number of benzene rings is 1. The molecule has 21 heavy (non-hydrogen) atoms. The van der Waals surface area contributed by atoms with Crippen LogP contribution in [0.15, 0.2) is 23.1 Å². The van der Waals surface area contributed by atoms with Gasteiger partial charge in [-0.1, -0.05) is 11.6 Å². The van der Waals surface area contributed by atoms with Crippen LogP contribution in [0.1, 0.15) is 6.42 Å². The van der Waals surface area contributed by atoms with Crippen LogP contribution in [0.4, 0.5) is 4.39 Å². The third kappa shape index (κ3) is 3.70. The molecule has 9 heteroatoms. The standard InChI is InChI=1S/C12H13ClFNO5S/c13-10-6-9(1-2-11(10)14)21(18,19)15-3-4-20-8(7-15)5-12(16)17/h1-2,6,8H,3-5,7H2,(H,16,17). The minimum Gasteiger partial charge on any atom is -0.481 e. The van der Waals surface area contributed by atoms with E-state index in [1.165, 1.54) is 0 Å². The van der Waals surface area contributed by atoms with Gasteiger partial charge in [-0.3, -0.25) is 4.79 Å². The molecule has 1 fully saturated rings. The van der Waals surface area contributed by atoms with E-state index in [4.69, 9.17) is 21.4 Å². The predicted octanol–water partition coefficient (Wildman–Crippen LogP) is 1.34. The lowest BCUT2D eigenvalue weighted by molar-refractivity contribution is -0.141. The molecule has 1 aliphatic heterocycles. The number of halogens is 2. The lowest BCUT2D eigenvalue weighted by Crippen LogP contribution is -2.46. The molecule has 1 aliphatic rings. The monoisotopic (exact) mass is 337 g/mol. The molecular formula is C12H13ClFNO5S. The number of rotatable bonds is 4. The molecule has 116 valence electrons. The van der Waals surface area contributed by atoms with Gasteiger partial charge < -0.3 is 9.84 Å². The van der Waals surface area contributed by atoms with Crippen LogP contribution >= 0.6 is 11.6 Å². The van der Waals surface area contributed by atoms with Crippen molar-refractivity contribution in [3.63, 3.8) is 0 Å². The van der Waals surface area contributed by atoms with Crippen molar-refractivity contribution in [2.24, 2.45) is 0 Å². The average Bonchev–Trinajstić information content (AvgIpc) is 2.41. The Morgan fingerprint density at radius 3 is 2.86 bits per heavy atom. The van der Waals surface area contributed by atoms with Crippen molar-refractivity contribution in [3.8, 4) is 0 Å². The molecule has 0 aliphatic carbocycles. The van der Waals surface area contributed by atoms with E-state index < -0.39 is 27.9 Å². The highest BCUT2D eigenvalue weighted by Gasteiger charge is 2.32. The van der Waals surface area contributed by atoms with Crippen molar-refractivity contribution in [1.82, 2.24) is 4.31 Å². The van der Waals surface area contributed by atoms with Crippen molar-refractivity contribution in [3.05, 3.63) is 29.0 Å². The first-order valence-corrected chi connectivity index (χ1v) is 7.91. The Morgan fingerprint density at radius 2 is 2.24 bits per heavy atom.